The predicted molar refractivity (Wildman–Crippen MR) is 109 cm³/mol. The van der Waals surface area contributed by atoms with Crippen molar-refractivity contribution >= 4 is 17.5 Å². The van der Waals surface area contributed by atoms with E-state index in [4.69, 9.17) is 30.5 Å². The molecule has 0 spiro atoms. The van der Waals surface area contributed by atoms with Crippen molar-refractivity contribution in [1.29, 1.82) is 0 Å². The van der Waals surface area contributed by atoms with Crippen LogP contribution >= 0.6 is 11.6 Å². The normalized spacial score (nSPS) is 10.3. The van der Waals surface area contributed by atoms with E-state index in [-0.39, 0.29) is 5.91 Å². The standard InChI is InChI=1S/C21H26ClNO5/c1-5-9-28-20-16(22)11-15(12-19(20)27-6-2)21(24)23-13-14-7-8-17(25-3)18(10-14)26-4/h7-8,10-12H,5-6,9,13H2,1-4H3,(H,23,24). The number of methoxy groups -OCH3 is 2. The van der Waals surface area contributed by atoms with Crippen LogP contribution < -0.4 is 24.3 Å². The van der Waals surface area contributed by atoms with Crippen LogP contribution in [0.4, 0.5) is 0 Å². The lowest BCUT2D eigenvalue weighted by atomic mass is 10.1. The fraction of sp³-hybridized carbons (Fsp3) is 0.381. The van der Waals surface area contributed by atoms with Crippen LogP contribution in [0.1, 0.15) is 36.2 Å². The van der Waals surface area contributed by atoms with Crippen LogP contribution in [0.3, 0.4) is 0 Å². The van der Waals surface area contributed by atoms with Gasteiger partial charge >= 0.3 is 0 Å². The van der Waals surface area contributed by atoms with Gasteiger partial charge < -0.3 is 24.3 Å². The summed E-state index contributed by atoms with van der Waals surface area (Å²) in [5.74, 6) is 1.89. The zero-order valence-electron chi connectivity index (χ0n) is 16.6. The summed E-state index contributed by atoms with van der Waals surface area (Å²) in [4.78, 5) is 12.6. The van der Waals surface area contributed by atoms with Gasteiger partial charge in [-0.1, -0.05) is 24.6 Å². The van der Waals surface area contributed by atoms with Gasteiger partial charge in [0.15, 0.2) is 23.0 Å². The Hall–Kier alpha value is -2.60. The topological polar surface area (TPSA) is 66.0 Å². The number of amides is 1. The maximum Gasteiger partial charge on any atom is 0.251 e. The summed E-state index contributed by atoms with van der Waals surface area (Å²) >= 11 is 6.32. The molecule has 2 rings (SSSR count). The number of carbonyl (C=O) groups is 1. The fourth-order valence-corrected chi connectivity index (χ4v) is 2.85. The third kappa shape index (κ3) is 5.45. The van der Waals surface area contributed by atoms with E-state index in [1.807, 2.05) is 26.0 Å². The molecule has 28 heavy (non-hydrogen) atoms. The SMILES string of the molecule is CCCOc1c(Cl)cc(C(=O)NCc2ccc(OC)c(OC)c2)cc1OCC. The van der Waals surface area contributed by atoms with Gasteiger partial charge in [-0.15, -0.1) is 0 Å². The van der Waals surface area contributed by atoms with Gasteiger partial charge in [-0.3, -0.25) is 4.79 Å². The molecular weight excluding hydrogens is 382 g/mol. The number of rotatable bonds is 10. The molecule has 1 amide bonds. The average Bonchev–Trinajstić information content (AvgIpc) is 2.71. The number of hydrogen-bond donors (Lipinski definition) is 1. The molecule has 0 saturated heterocycles. The minimum atomic E-state index is -0.264. The van der Waals surface area contributed by atoms with Gasteiger partial charge in [0.2, 0.25) is 0 Å². The van der Waals surface area contributed by atoms with Gasteiger partial charge in [0.25, 0.3) is 5.91 Å². The summed E-state index contributed by atoms with van der Waals surface area (Å²) < 4.78 is 21.8. The molecule has 6 nitrogen and oxygen atoms in total. The molecule has 0 aromatic heterocycles. The van der Waals surface area contributed by atoms with Gasteiger partial charge in [-0.05, 0) is 43.2 Å². The minimum absolute atomic E-state index is 0.264. The van der Waals surface area contributed by atoms with Crippen molar-refractivity contribution in [3.8, 4) is 23.0 Å². The average molecular weight is 408 g/mol. The summed E-state index contributed by atoms with van der Waals surface area (Å²) in [5, 5.41) is 3.22. The van der Waals surface area contributed by atoms with Gasteiger partial charge in [-0.25, -0.2) is 0 Å². The molecular formula is C21H26ClNO5. The van der Waals surface area contributed by atoms with E-state index in [9.17, 15) is 4.79 Å². The summed E-state index contributed by atoms with van der Waals surface area (Å²) in [6.45, 7) is 5.15. The highest BCUT2D eigenvalue weighted by molar-refractivity contribution is 6.32. The summed E-state index contributed by atoms with van der Waals surface area (Å²) in [6, 6.07) is 8.70. The molecule has 1 N–H and O–H groups in total. The van der Waals surface area contributed by atoms with E-state index in [2.05, 4.69) is 5.32 Å². The van der Waals surface area contributed by atoms with Crippen LogP contribution in [-0.4, -0.2) is 33.3 Å². The van der Waals surface area contributed by atoms with Gasteiger partial charge in [0.05, 0.1) is 32.5 Å². The predicted octanol–water partition coefficient (Wildman–Crippen LogP) is 4.47. The smallest absolute Gasteiger partial charge is 0.251 e. The third-order valence-corrected chi connectivity index (χ3v) is 4.20. The van der Waals surface area contributed by atoms with Gasteiger partial charge in [0.1, 0.15) is 0 Å². The first-order chi connectivity index (χ1) is 13.5. The Labute approximate surface area is 170 Å². The highest BCUT2D eigenvalue weighted by Gasteiger charge is 2.16. The second-order valence-corrected chi connectivity index (χ2v) is 6.35. The molecule has 0 bridgehead atoms. The molecule has 7 heteroatoms. The number of hydrogen-bond acceptors (Lipinski definition) is 5. The van der Waals surface area contributed by atoms with Crippen molar-refractivity contribution in [2.75, 3.05) is 27.4 Å². The molecule has 2 aromatic rings. The lowest BCUT2D eigenvalue weighted by Crippen LogP contribution is -2.23. The zero-order chi connectivity index (χ0) is 20.5. The Balaban J connectivity index is 2.15. The van der Waals surface area contributed by atoms with E-state index in [1.165, 1.54) is 0 Å². The Bertz CT molecular complexity index is 810. The molecule has 0 aliphatic rings. The lowest BCUT2D eigenvalue weighted by Gasteiger charge is -2.15. The van der Waals surface area contributed by atoms with E-state index >= 15 is 0 Å². The van der Waals surface area contributed by atoms with Crippen molar-refractivity contribution in [3.05, 3.63) is 46.5 Å². The Morgan fingerprint density at radius 3 is 2.39 bits per heavy atom. The summed E-state index contributed by atoms with van der Waals surface area (Å²) in [5.41, 5.74) is 1.28. The second-order valence-electron chi connectivity index (χ2n) is 5.94. The molecule has 0 unspecified atom stereocenters. The molecule has 2 aromatic carbocycles. The Kier molecular flexibility index (Phi) is 8.26. The number of nitrogens with one attached hydrogen (secondary N) is 1. The van der Waals surface area contributed by atoms with Gasteiger partial charge in [0, 0.05) is 12.1 Å². The maximum absolute atomic E-state index is 12.6. The largest absolute Gasteiger partial charge is 0.493 e. The first-order valence-electron chi connectivity index (χ1n) is 9.12. The summed E-state index contributed by atoms with van der Waals surface area (Å²) in [7, 11) is 3.15. The van der Waals surface area contributed by atoms with Crippen molar-refractivity contribution in [2.45, 2.75) is 26.8 Å². The van der Waals surface area contributed by atoms with Crippen molar-refractivity contribution < 1.29 is 23.7 Å². The van der Waals surface area contributed by atoms with Crippen LogP contribution in [0.5, 0.6) is 23.0 Å². The van der Waals surface area contributed by atoms with Crippen LogP contribution in [0.2, 0.25) is 5.02 Å². The van der Waals surface area contributed by atoms with E-state index in [0.717, 1.165) is 12.0 Å². The number of ether oxygens (including phenoxy) is 4. The van der Waals surface area contributed by atoms with E-state index in [1.54, 1.807) is 32.4 Å². The van der Waals surface area contributed by atoms with Crippen molar-refractivity contribution in [3.63, 3.8) is 0 Å². The van der Waals surface area contributed by atoms with E-state index in [0.29, 0.717) is 53.3 Å². The minimum Gasteiger partial charge on any atom is -0.493 e. The van der Waals surface area contributed by atoms with E-state index < -0.39 is 0 Å². The quantitative estimate of drug-likeness (QED) is 0.629. The lowest BCUT2D eigenvalue weighted by molar-refractivity contribution is 0.0950. The number of halogens is 1. The molecule has 0 aliphatic carbocycles. The molecule has 0 saturated carbocycles. The number of benzene rings is 2. The Morgan fingerprint density at radius 1 is 1.00 bits per heavy atom. The molecule has 0 aliphatic heterocycles. The van der Waals surface area contributed by atoms with Crippen LogP contribution in [-0.2, 0) is 6.54 Å². The third-order valence-electron chi connectivity index (χ3n) is 3.92. The van der Waals surface area contributed by atoms with Crippen LogP contribution in [0, 0.1) is 0 Å². The Morgan fingerprint density at radius 2 is 1.75 bits per heavy atom. The summed E-state index contributed by atoms with van der Waals surface area (Å²) in [6.07, 6.45) is 0.843. The highest BCUT2D eigenvalue weighted by Crippen LogP contribution is 2.37. The highest BCUT2D eigenvalue weighted by atomic mass is 35.5. The molecule has 0 heterocycles. The fourth-order valence-electron chi connectivity index (χ4n) is 2.58. The van der Waals surface area contributed by atoms with Crippen LogP contribution in [0.15, 0.2) is 30.3 Å². The van der Waals surface area contributed by atoms with Crippen molar-refractivity contribution in [1.82, 2.24) is 5.32 Å². The monoisotopic (exact) mass is 407 g/mol. The molecule has 0 atom stereocenters. The molecule has 0 fully saturated rings. The first-order valence-corrected chi connectivity index (χ1v) is 9.50. The maximum atomic E-state index is 12.6. The van der Waals surface area contributed by atoms with Crippen molar-refractivity contribution in [2.24, 2.45) is 0 Å². The van der Waals surface area contributed by atoms with Gasteiger partial charge in [-0.2, -0.15) is 0 Å². The zero-order valence-corrected chi connectivity index (χ0v) is 17.4. The van der Waals surface area contributed by atoms with Crippen LogP contribution in [0.25, 0.3) is 0 Å². The second kappa shape index (κ2) is 10.7. The first kappa shape index (κ1) is 21.7. The number of carbonyl (C=O) groups excluding carboxylic acids is 1. The molecule has 152 valence electrons. The molecule has 0 radical (unpaired) electrons.